The van der Waals surface area contributed by atoms with E-state index in [1.807, 2.05) is 0 Å². The summed E-state index contributed by atoms with van der Waals surface area (Å²) < 4.78 is 53.3. The molecule has 0 atom stereocenters. The summed E-state index contributed by atoms with van der Waals surface area (Å²) in [6, 6.07) is 7.54. The van der Waals surface area contributed by atoms with E-state index in [4.69, 9.17) is 14.6 Å². The number of methoxy groups -OCH3 is 1. The second kappa shape index (κ2) is 4.41. The molecule has 0 aliphatic heterocycles. The van der Waals surface area contributed by atoms with Crippen LogP contribution in [-0.2, 0) is 0 Å². The summed E-state index contributed by atoms with van der Waals surface area (Å²) in [5.41, 5.74) is 5.20. The third-order valence-corrected chi connectivity index (χ3v) is 2.30. The van der Waals surface area contributed by atoms with E-state index in [2.05, 4.69) is 0 Å². The first-order chi connectivity index (χ1) is 9.26. The van der Waals surface area contributed by atoms with E-state index in [0.717, 1.165) is 12.1 Å². The molecule has 0 saturated heterocycles. The number of anilines is 1. The van der Waals surface area contributed by atoms with Crippen molar-refractivity contribution in [2.75, 3.05) is 12.8 Å². The third kappa shape index (κ3) is 2.20. The third-order valence-electron chi connectivity index (χ3n) is 2.30. The van der Waals surface area contributed by atoms with Gasteiger partial charge in [0, 0.05) is 5.69 Å². The van der Waals surface area contributed by atoms with Gasteiger partial charge in [-0.15, -0.1) is 0 Å². The molecule has 0 heterocycles. The van der Waals surface area contributed by atoms with E-state index in [0.29, 0.717) is 0 Å². The maximum atomic E-state index is 13.8. The molecule has 0 bridgehead atoms. The number of halogens is 2. The molecule has 0 aliphatic carbocycles. The van der Waals surface area contributed by atoms with Gasteiger partial charge in [0.1, 0.15) is 17.4 Å². The Bertz CT molecular complexity index is 621. The molecule has 2 N–H and O–H groups in total. The van der Waals surface area contributed by atoms with Crippen molar-refractivity contribution < 1.29 is 17.6 Å². The highest BCUT2D eigenvalue weighted by Gasteiger charge is 2.12. The first-order valence-corrected chi connectivity index (χ1v) is 4.80. The van der Waals surface area contributed by atoms with Gasteiger partial charge in [0.05, 0.1) is 16.7 Å². The van der Waals surface area contributed by atoms with E-state index < -0.39 is 18.7 Å². The summed E-state index contributed by atoms with van der Waals surface area (Å²) in [6.07, 6.45) is 0. The van der Waals surface area contributed by atoms with Crippen molar-refractivity contribution in [3.63, 3.8) is 0 Å². The van der Waals surface area contributed by atoms with Crippen molar-refractivity contribution in [3.05, 3.63) is 48.0 Å². The normalized spacial score (nSPS) is 13.6. The van der Waals surface area contributed by atoms with Crippen LogP contribution in [0.4, 0.5) is 14.5 Å². The molecule has 0 saturated carbocycles. The Balaban J connectivity index is 2.47. The van der Waals surface area contributed by atoms with Crippen molar-refractivity contribution >= 4 is 5.69 Å². The van der Waals surface area contributed by atoms with Crippen LogP contribution in [-0.4, -0.2) is 7.04 Å². The van der Waals surface area contributed by atoms with Gasteiger partial charge in [0.2, 0.25) is 0 Å². The van der Waals surface area contributed by atoms with E-state index in [9.17, 15) is 8.78 Å². The van der Waals surface area contributed by atoms with Gasteiger partial charge in [-0.2, -0.15) is 0 Å². The Kier molecular flexibility index (Phi) is 2.09. The highest BCUT2D eigenvalue weighted by molar-refractivity contribution is 5.68. The Morgan fingerprint density at radius 2 is 1.88 bits per heavy atom. The van der Waals surface area contributed by atoms with E-state index in [-0.39, 0.29) is 22.6 Å². The molecule has 0 spiro atoms. The van der Waals surface area contributed by atoms with Crippen LogP contribution in [0.25, 0.3) is 11.1 Å². The van der Waals surface area contributed by atoms with Gasteiger partial charge in [-0.1, -0.05) is 12.1 Å². The Labute approximate surface area is 102 Å². The van der Waals surface area contributed by atoms with Gasteiger partial charge in [0.15, 0.2) is 0 Å². The average molecular weight is 238 g/mol. The van der Waals surface area contributed by atoms with E-state index in [1.165, 1.54) is 24.3 Å². The molecule has 17 heavy (non-hydrogen) atoms. The molecule has 0 radical (unpaired) electrons. The quantitative estimate of drug-likeness (QED) is 0.815. The minimum absolute atomic E-state index is 0.00174. The lowest BCUT2D eigenvalue weighted by Crippen LogP contribution is -1.94. The van der Waals surface area contributed by atoms with Gasteiger partial charge in [0.25, 0.3) is 0 Å². The predicted octanol–water partition coefficient (Wildman–Crippen LogP) is 3.22. The van der Waals surface area contributed by atoms with E-state index >= 15 is 0 Å². The molecule has 88 valence electrons. The molecule has 2 rings (SSSR count). The van der Waals surface area contributed by atoms with E-state index in [1.54, 1.807) is 0 Å². The number of ether oxygens (including phenoxy) is 1. The topological polar surface area (TPSA) is 35.2 Å². The summed E-state index contributed by atoms with van der Waals surface area (Å²) in [5.74, 6) is -1.65. The van der Waals surface area contributed by atoms with Crippen LogP contribution >= 0.6 is 0 Å². The number of hydrogen-bond donors (Lipinski definition) is 1. The largest absolute Gasteiger partial charge is 0.497 e. The van der Waals surface area contributed by atoms with Gasteiger partial charge < -0.3 is 10.5 Å². The lowest BCUT2D eigenvalue weighted by atomic mass is 10.0. The fourth-order valence-electron chi connectivity index (χ4n) is 1.58. The second-order valence-electron chi connectivity index (χ2n) is 3.49. The summed E-state index contributed by atoms with van der Waals surface area (Å²) in [5, 5.41) is 0. The highest BCUT2D eigenvalue weighted by Crippen LogP contribution is 2.30. The summed E-state index contributed by atoms with van der Waals surface area (Å²) in [6.45, 7) is 0. The Morgan fingerprint density at radius 3 is 2.53 bits per heavy atom. The molecule has 0 unspecified atom stereocenters. The molecule has 2 nitrogen and oxygen atoms in total. The summed E-state index contributed by atoms with van der Waals surface area (Å²) in [4.78, 5) is 0. The average Bonchev–Trinajstić information content (AvgIpc) is 2.25. The summed E-state index contributed by atoms with van der Waals surface area (Å²) >= 11 is 0. The van der Waals surface area contributed by atoms with Crippen molar-refractivity contribution in [3.8, 4) is 16.9 Å². The van der Waals surface area contributed by atoms with Crippen LogP contribution in [0.3, 0.4) is 0 Å². The minimum atomic E-state index is -2.63. The zero-order chi connectivity index (χ0) is 14.9. The SMILES string of the molecule is [2H]C([2H])([2H])Oc1cccc(-c2c(F)cc(N)cc2F)c1. The Hall–Kier alpha value is -2.10. The lowest BCUT2D eigenvalue weighted by Gasteiger charge is -2.08. The zero-order valence-electron chi connectivity index (χ0n) is 11.7. The molecule has 0 aliphatic rings. The smallest absolute Gasteiger partial charge is 0.136 e. The molecule has 4 heteroatoms. The molecule has 0 amide bonds. The maximum Gasteiger partial charge on any atom is 0.136 e. The molecule has 2 aromatic carbocycles. The lowest BCUT2D eigenvalue weighted by molar-refractivity contribution is 0.415. The van der Waals surface area contributed by atoms with Crippen molar-refractivity contribution in [1.29, 1.82) is 0 Å². The molecule has 0 fully saturated rings. The molecular formula is C13H11F2NO. The number of nitrogens with two attached hydrogens (primary N) is 1. The van der Waals surface area contributed by atoms with Crippen molar-refractivity contribution in [2.45, 2.75) is 0 Å². The highest BCUT2D eigenvalue weighted by atomic mass is 19.1. The number of rotatable bonds is 2. The zero-order valence-corrected chi connectivity index (χ0v) is 8.71. The standard InChI is InChI=1S/C13H11F2NO/c1-17-10-4-2-3-8(5-10)13-11(14)6-9(16)7-12(13)15/h2-7H,16H2,1H3/i1D3. The van der Waals surface area contributed by atoms with Crippen LogP contribution < -0.4 is 10.5 Å². The first-order valence-electron chi connectivity index (χ1n) is 6.30. The second-order valence-corrected chi connectivity index (χ2v) is 3.49. The van der Waals surface area contributed by atoms with Crippen LogP contribution in [0.2, 0.25) is 0 Å². The number of hydrogen-bond acceptors (Lipinski definition) is 2. The molecular weight excluding hydrogens is 224 g/mol. The van der Waals surface area contributed by atoms with Gasteiger partial charge in [-0.25, -0.2) is 8.78 Å². The van der Waals surface area contributed by atoms with Crippen molar-refractivity contribution in [2.24, 2.45) is 0 Å². The van der Waals surface area contributed by atoms with Gasteiger partial charge >= 0.3 is 0 Å². The number of benzene rings is 2. The fourth-order valence-corrected chi connectivity index (χ4v) is 1.58. The minimum Gasteiger partial charge on any atom is -0.497 e. The van der Waals surface area contributed by atoms with Crippen LogP contribution in [0.15, 0.2) is 36.4 Å². The first kappa shape index (κ1) is 8.06. The van der Waals surface area contributed by atoms with Crippen molar-refractivity contribution in [1.82, 2.24) is 0 Å². The van der Waals surface area contributed by atoms with Gasteiger partial charge in [-0.05, 0) is 29.8 Å². The predicted molar refractivity (Wildman–Crippen MR) is 62.8 cm³/mol. The van der Waals surface area contributed by atoms with Crippen LogP contribution in [0.1, 0.15) is 4.11 Å². The molecule has 0 aromatic heterocycles. The fraction of sp³-hybridized carbons (Fsp3) is 0.0769. The van der Waals surface area contributed by atoms with Gasteiger partial charge in [-0.3, -0.25) is 0 Å². The summed E-state index contributed by atoms with van der Waals surface area (Å²) in [7, 11) is -2.63. The van der Waals surface area contributed by atoms with Crippen LogP contribution in [0, 0.1) is 11.6 Å². The monoisotopic (exact) mass is 238 g/mol. The van der Waals surface area contributed by atoms with Crippen LogP contribution in [0.5, 0.6) is 5.75 Å². The maximum absolute atomic E-state index is 13.8. The molecule has 2 aromatic rings. The Morgan fingerprint density at radius 1 is 1.18 bits per heavy atom. The number of nitrogen functional groups attached to an aromatic ring is 1.